The molecule has 1 saturated carbocycles. The van der Waals surface area contributed by atoms with E-state index >= 15 is 0 Å². The van der Waals surface area contributed by atoms with Gasteiger partial charge in [-0.3, -0.25) is 9.59 Å². The van der Waals surface area contributed by atoms with Gasteiger partial charge in [-0.25, -0.2) is 19.3 Å². The second kappa shape index (κ2) is 10.1. The third-order valence-corrected chi connectivity index (χ3v) is 5.64. The number of aliphatic imine (C=N–C) groups is 1. The third kappa shape index (κ3) is 5.28. The molecule has 1 aliphatic carbocycles. The summed E-state index contributed by atoms with van der Waals surface area (Å²) in [4.78, 5) is 44.6. The Morgan fingerprint density at radius 3 is 2.47 bits per heavy atom. The first-order valence-corrected chi connectivity index (χ1v) is 9.97. The minimum atomic E-state index is -1.12. The normalized spacial score (nSPS) is 24.3. The van der Waals surface area contributed by atoms with E-state index in [2.05, 4.69) is 15.3 Å². The number of carbonyl (C=O) groups is 3. The first-order valence-electron chi connectivity index (χ1n) is 9.97. The Balaban J connectivity index is 2.51. The highest BCUT2D eigenvalue weighted by Gasteiger charge is 2.53. The quantitative estimate of drug-likeness (QED) is 0.347. The van der Waals surface area contributed by atoms with E-state index in [-0.39, 0.29) is 24.2 Å². The Morgan fingerprint density at radius 2 is 2.00 bits per heavy atom. The van der Waals surface area contributed by atoms with Crippen molar-refractivity contribution in [3.63, 3.8) is 0 Å². The molecule has 166 valence electrons. The Kier molecular flexibility index (Phi) is 7.79. The first-order chi connectivity index (χ1) is 14.2. The fourth-order valence-corrected chi connectivity index (χ4v) is 4.32. The maximum absolute atomic E-state index is 12.6. The van der Waals surface area contributed by atoms with Crippen LogP contribution in [0.15, 0.2) is 23.7 Å². The van der Waals surface area contributed by atoms with Crippen molar-refractivity contribution in [2.24, 2.45) is 34.2 Å². The Labute approximate surface area is 174 Å². The Morgan fingerprint density at radius 1 is 1.33 bits per heavy atom. The second-order valence-electron chi connectivity index (χ2n) is 7.50. The van der Waals surface area contributed by atoms with E-state index in [1.165, 1.54) is 25.6 Å². The van der Waals surface area contributed by atoms with Gasteiger partial charge in [0.1, 0.15) is 12.4 Å². The number of nitrogens with zero attached hydrogens (tertiary/aromatic N) is 3. The number of imidazole rings is 1. The fraction of sp³-hybridized carbons (Fsp3) is 0.632. The molecule has 11 nitrogen and oxygen atoms in total. The lowest BCUT2D eigenvalue weighted by molar-refractivity contribution is -0.145. The molecule has 6 N–H and O–H groups in total. The zero-order valence-electron chi connectivity index (χ0n) is 17.4. The molecule has 1 amide bonds. The summed E-state index contributed by atoms with van der Waals surface area (Å²) in [6.45, 7) is 5.35. The smallest absolute Gasteiger partial charge is 0.419 e. The summed E-state index contributed by atoms with van der Waals surface area (Å²) in [6.07, 6.45) is 3.82. The van der Waals surface area contributed by atoms with E-state index < -0.39 is 42.1 Å². The number of hydrogen-bond donors (Lipinski definition) is 4. The van der Waals surface area contributed by atoms with Gasteiger partial charge in [0.2, 0.25) is 5.91 Å². The predicted molar refractivity (Wildman–Crippen MR) is 108 cm³/mol. The summed E-state index contributed by atoms with van der Waals surface area (Å²) in [6, 6.07) is -1.11. The van der Waals surface area contributed by atoms with Crippen LogP contribution in [0, 0.1) is 17.8 Å². The number of aliphatic carboxylic acids is 1. The molecule has 1 fully saturated rings. The zero-order valence-corrected chi connectivity index (χ0v) is 17.4. The van der Waals surface area contributed by atoms with Crippen molar-refractivity contribution in [1.29, 1.82) is 0 Å². The van der Waals surface area contributed by atoms with Gasteiger partial charge in [0.25, 0.3) is 0 Å². The lowest BCUT2D eigenvalue weighted by atomic mass is 9.80. The van der Waals surface area contributed by atoms with Crippen LogP contribution in [0.25, 0.3) is 0 Å². The zero-order chi connectivity index (χ0) is 22.4. The van der Waals surface area contributed by atoms with Gasteiger partial charge < -0.3 is 26.6 Å². The van der Waals surface area contributed by atoms with E-state index in [0.29, 0.717) is 0 Å². The molecule has 0 saturated heterocycles. The molecule has 0 radical (unpaired) electrons. The summed E-state index contributed by atoms with van der Waals surface area (Å²) in [5.41, 5.74) is 11.2. The highest BCUT2D eigenvalue weighted by atomic mass is 16.6. The highest BCUT2D eigenvalue weighted by Crippen LogP contribution is 2.41. The molecule has 0 spiro atoms. The van der Waals surface area contributed by atoms with Crippen LogP contribution in [0.2, 0.25) is 0 Å². The minimum absolute atomic E-state index is 0.0117. The van der Waals surface area contributed by atoms with Crippen LogP contribution >= 0.6 is 0 Å². The molecule has 0 aromatic carbocycles. The van der Waals surface area contributed by atoms with E-state index in [9.17, 15) is 19.5 Å². The lowest BCUT2D eigenvalue weighted by Crippen LogP contribution is -2.52. The summed E-state index contributed by atoms with van der Waals surface area (Å²) >= 11 is 0. The number of guanidine groups is 1. The molecule has 1 aliphatic rings. The number of rotatable bonds is 8. The van der Waals surface area contributed by atoms with Gasteiger partial charge in [-0.1, -0.05) is 26.7 Å². The van der Waals surface area contributed by atoms with Crippen molar-refractivity contribution in [3.8, 4) is 0 Å². The van der Waals surface area contributed by atoms with Gasteiger partial charge in [-0.2, -0.15) is 0 Å². The Hall–Kier alpha value is -3.11. The van der Waals surface area contributed by atoms with E-state index in [4.69, 9.17) is 16.2 Å². The fourth-order valence-electron chi connectivity index (χ4n) is 4.32. The van der Waals surface area contributed by atoms with Crippen molar-refractivity contribution in [3.05, 3.63) is 18.7 Å². The number of carboxylic acid groups (broad SMARTS) is 1. The van der Waals surface area contributed by atoms with Gasteiger partial charge in [0, 0.05) is 31.3 Å². The molecule has 2 rings (SSSR count). The maximum Gasteiger partial charge on any atom is 0.419 e. The van der Waals surface area contributed by atoms with E-state index in [1.807, 2.05) is 13.8 Å². The topological polar surface area (TPSA) is 175 Å². The largest absolute Gasteiger partial charge is 0.481 e. The maximum atomic E-state index is 12.6. The number of aromatic nitrogens is 2. The molecule has 11 heteroatoms. The molecule has 1 heterocycles. The molecule has 0 bridgehead atoms. The molecule has 5 atom stereocenters. The van der Waals surface area contributed by atoms with Crippen LogP contribution in [0.1, 0.15) is 40.0 Å². The standard InChI is InChI=1S/C19H30N6O5/c1-4-11(5-2)15(23-10(3)26)14-13(24-18(20)21)8-12(17(27)28)16(14)30-19(29)25-7-6-22-9-25/h6-7,9,11-16H,4-5,8H2,1-3H3,(H,23,26)(H,27,28)(H4,20,21,24)/t12-,13+,14+,15-,16+/m0/s1. The van der Waals surface area contributed by atoms with Gasteiger partial charge in [0.15, 0.2) is 5.96 Å². The van der Waals surface area contributed by atoms with Crippen molar-refractivity contribution >= 4 is 23.9 Å². The van der Waals surface area contributed by atoms with Crippen LogP contribution in [0.5, 0.6) is 0 Å². The third-order valence-electron chi connectivity index (χ3n) is 5.64. The predicted octanol–water partition coefficient (Wildman–Crippen LogP) is 0.540. The SMILES string of the molecule is CCC(CC)[C@H](NC(C)=O)[C@@H]1[C@H](OC(=O)n2ccnc2)[C@@H](C(=O)O)C[C@H]1N=C(N)N. The molecule has 0 aliphatic heterocycles. The Bertz CT molecular complexity index is 772. The average molecular weight is 422 g/mol. The number of carboxylic acids is 1. The number of hydrogen-bond acceptors (Lipinski definition) is 6. The molecule has 0 unspecified atom stereocenters. The average Bonchev–Trinajstić information content (AvgIpc) is 3.30. The van der Waals surface area contributed by atoms with Gasteiger partial charge in [0.05, 0.1) is 12.0 Å². The number of nitrogens with one attached hydrogen (secondary N) is 1. The van der Waals surface area contributed by atoms with E-state index in [1.54, 1.807) is 0 Å². The number of carbonyl (C=O) groups excluding carboxylic acids is 2. The molecular formula is C19H30N6O5. The van der Waals surface area contributed by atoms with Crippen molar-refractivity contribution < 1.29 is 24.2 Å². The summed E-state index contributed by atoms with van der Waals surface area (Å²) < 4.78 is 6.78. The first kappa shape index (κ1) is 23.2. The van der Waals surface area contributed by atoms with Crippen molar-refractivity contribution in [1.82, 2.24) is 14.9 Å². The van der Waals surface area contributed by atoms with Crippen LogP contribution < -0.4 is 16.8 Å². The van der Waals surface area contributed by atoms with Crippen molar-refractivity contribution in [2.45, 2.75) is 58.2 Å². The van der Waals surface area contributed by atoms with E-state index in [0.717, 1.165) is 17.4 Å². The summed E-state index contributed by atoms with van der Waals surface area (Å²) in [5, 5.41) is 12.7. The van der Waals surface area contributed by atoms with Gasteiger partial charge in [-0.05, 0) is 12.3 Å². The van der Waals surface area contributed by atoms with Crippen LogP contribution in [-0.4, -0.2) is 56.8 Å². The van der Waals surface area contributed by atoms with Crippen molar-refractivity contribution in [2.75, 3.05) is 0 Å². The van der Waals surface area contributed by atoms with Gasteiger partial charge >= 0.3 is 12.1 Å². The molecular weight excluding hydrogens is 392 g/mol. The number of ether oxygens (including phenoxy) is 1. The van der Waals surface area contributed by atoms with Crippen LogP contribution in [0.4, 0.5) is 4.79 Å². The molecule has 30 heavy (non-hydrogen) atoms. The molecule has 1 aromatic rings. The van der Waals surface area contributed by atoms with Gasteiger partial charge in [-0.15, -0.1) is 0 Å². The molecule has 1 aromatic heterocycles. The van der Waals surface area contributed by atoms with Crippen LogP contribution in [0.3, 0.4) is 0 Å². The summed E-state index contributed by atoms with van der Waals surface area (Å²) in [7, 11) is 0. The number of nitrogens with two attached hydrogens (primary N) is 2. The van der Waals surface area contributed by atoms with Crippen LogP contribution in [-0.2, 0) is 14.3 Å². The second-order valence-corrected chi connectivity index (χ2v) is 7.50. The lowest BCUT2D eigenvalue weighted by Gasteiger charge is -2.36. The minimum Gasteiger partial charge on any atom is -0.481 e. The highest BCUT2D eigenvalue weighted by molar-refractivity contribution is 5.77. The monoisotopic (exact) mass is 422 g/mol. The number of amides is 1. The summed E-state index contributed by atoms with van der Waals surface area (Å²) in [5.74, 6) is -3.22.